The molecule has 0 aliphatic heterocycles. The summed E-state index contributed by atoms with van der Waals surface area (Å²) in [6, 6.07) is 0. The molecule has 2 nitrogen and oxygen atoms in total. The number of rotatable bonds is 5. The van der Waals surface area contributed by atoms with Crippen molar-refractivity contribution in [3.8, 4) is 0 Å². The molecule has 2 heteroatoms. The van der Waals surface area contributed by atoms with Gasteiger partial charge in [-0.1, -0.05) is 13.3 Å². The minimum atomic E-state index is -0.463. The van der Waals surface area contributed by atoms with E-state index >= 15 is 0 Å². The third-order valence-corrected chi connectivity index (χ3v) is 1.34. The molecule has 0 N–H and O–H groups in total. The van der Waals surface area contributed by atoms with E-state index in [4.69, 9.17) is 4.74 Å². The van der Waals surface area contributed by atoms with E-state index in [2.05, 4.69) is 6.92 Å². The summed E-state index contributed by atoms with van der Waals surface area (Å²) < 4.78 is 5.31. The molecule has 0 fully saturated rings. The van der Waals surface area contributed by atoms with Gasteiger partial charge in [-0.2, -0.15) is 0 Å². The Balaban J connectivity index is 3.28. The van der Waals surface area contributed by atoms with Crippen LogP contribution in [-0.4, -0.2) is 18.8 Å². The highest BCUT2D eigenvalue weighted by Gasteiger charge is 2.16. The van der Waals surface area contributed by atoms with Crippen molar-refractivity contribution in [3.05, 3.63) is 0 Å². The molecule has 0 bridgehead atoms. The zero-order valence-corrected chi connectivity index (χ0v) is 7.14. The molecule has 0 aromatic rings. The van der Waals surface area contributed by atoms with Crippen LogP contribution in [0.5, 0.6) is 0 Å². The Morgan fingerprint density at radius 1 is 1.40 bits per heavy atom. The Hall–Kier alpha value is -0.0800. The van der Waals surface area contributed by atoms with Gasteiger partial charge < -0.3 is 4.74 Å². The molecular formula is C8H17O2. The summed E-state index contributed by atoms with van der Waals surface area (Å²) in [6.45, 7) is 6.32. The van der Waals surface area contributed by atoms with E-state index in [0.717, 1.165) is 12.8 Å². The van der Waals surface area contributed by atoms with Crippen LogP contribution in [0.2, 0.25) is 0 Å². The molecular weight excluding hydrogens is 128 g/mol. The molecule has 0 unspecified atom stereocenters. The first-order valence-electron chi connectivity index (χ1n) is 3.84. The van der Waals surface area contributed by atoms with Gasteiger partial charge in [-0.3, -0.25) is 0 Å². The van der Waals surface area contributed by atoms with Crippen LogP contribution in [-0.2, 0) is 9.84 Å². The summed E-state index contributed by atoms with van der Waals surface area (Å²) in [5.41, 5.74) is -0.463. The molecule has 1 radical (unpaired) electrons. The lowest BCUT2D eigenvalue weighted by molar-refractivity contribution is -0.0719. The van der Waals surface area contributed by atoms with Gasteiger partial charge in [0.2, 0.25) is 0 Å². The van der Waals surface area contributed by atoms with Gasteiger partial charge in [-0.05, 0) is 20.3 Å². The van der Waals surface area contributed by atoms with Crippen LogP contribution in [0, 0.1) is 0 Å². The van der Waals surface area contributed by atoms with E-state index in [9.17, 15) is 5.11 Å². The molecule has 0 amide bonds. The SMILES string of the molecule is CCCCOC(C)(C)C[O]. The van der Waals surface area contributed by atoms with Gasteiger partial charge in [-0.15, -0.1) is 0 Å². The van der Waals surface area contributed by atoms with Crippen LogP contribution in [0.25, 0.3) is 0 Å². The molecule has 0 saturated carbocycles. The Morgan fingerprint density at radius 2 is 2.00 bits per heavy atom. The molecule has 0 aliphatic rings. The summed E-state index contributed by atoms with van der Waals surface area (Å²) in [5.74, 6) is 0. The molecule has 61 valence electrons. The third-order valence-electron chi connectivity index (χ3n) is 1.34. The third kappa shape index (κ3) is 4.77. The van der Waals surface area contributed by atoms with Gasteiger partial charge >= 0.3 is 0 Å². The first-order valence-corrected chi connectivity index (χ1v) is 3.84. The molecule has 0 aromatic carbocycles. The molecule has 0 aromatic heterocycles. The maximum absolute atomic E-state index is 10.4. The predicted octanol–water partition coefficient (Wildman–Crippen LogP) is 2.01. The fourth-order valence-corrected chi connectivity index (χ4v) is 0.534. The smallest absolute Gasteiger partial charge is 0.111 e. The molecule has 0 heterocycles. The standard InChI is InChI=1S/C8H17O2/c1-4-5-6-10-8(2,3)7-9/h4-7H2,1-3H3. The van der Waals surface area contributed by atoms with Gasteiger partial charge in [0.15, 0.2) is 0 Å². The van der Waals surface area contributed by atoms with Gasteiger partial charge in [0, 0.05) is 6.61 Å². The molecule has 0 atom stereocenters. The Labute approximate surface area is 63.2 Å². The second-order valence-corrected chi connectivity index (χ2v) is 3.11. The number of hydrogen-bond acceptors (Lipinski definition) is 1. The maximum atomic E-state index is 10.4. The minimum Gasteiger partial charge on any atom is -0.373 e. The van der Waals surface area contributed by atoms with Gasteiger partial charge in [0.1, 0.15) is 6.61 Å². The quantitative estimate of drug-likeness (QED) is 0.544. The molecule has 0 rings (SSSR count). The Kier molecular flexibility index (Phi) is 4.65. The lowest BCUT2D eigenvalue weighted by Gasteiger charge is -2.20. The Bertz CT molecular complexity index is 79.3. The van der Waals surface area contributed by atoms with Crippen molar-refractivity contribution in [2.45, 2.75) is 39.2 Å². The van der Waals surface area contributed by atoms with Crippen molar-refractivity contribution in [1.29, 1.82) is 0 Å². The highest BCUT2D eigenvalue weighted by Crippen LogP contribution is 2.08. The van der Waals surface area contributed by atoms with E-state index in [1.54, 1.807) is 0 Å². The number of ether oxygens (including phenoxy) is 1. The van der Waals surface area contributed by atoms with E-state index in [0.29, 0.717) is 6.61 Å². The average molecular weight is 145 g/mol. The predicted molar refractivity (Wildman–Crippen MR) is 40.5 cm³/mol. The van der Waals surface area contributed by atoms with Crippen LogP contribution >= 0.6 is 0 Å². The van der Waals surface area contributed by atoms with Crippen LogP contribution in [0.3, 0.4) is 0 Å². The molecule has 0 saturated heterocycles. The van der Waals surface area contributed by atoms with Crippen molar-refractivity contribution in [1.82, 2.24) is 0 Å². The van der Waals surface area contributed by atoms with Gasteiger partial charge in [0.25, 0.3) is 0 Å². The first-order chi connectivity index (χ1) is 4.62. The van der Waals surface area contributed by atoms with Crippen LogP contribution < -0.4 is 0 Å². The van der Waals surface area contributed by atoms with Gasteiger partial charge in [-0.25, -0.2) is 5.11 Å². The normalized spacial score (nSPS) is 12.0. The fraction of sp³-hybridized carbons (Fsp3) is 1.00. The van der Waals surface area contributed by atoms with Crippen LogP contribution in [0.15, 0.2) is 0 Å². The number of unbranched alkanes of at least 4 members (excludes halogenated alkanes) is 1. The van der Waals surface area contributed by atoms with E-state index < -0.39 is 5.60 Å². The van der Waals surface area contributed by atoms with Crippen molar-refractivity contribution in [3.63, 3.8) is 0 Å². The summed E-state index contributed by atoms with van der Waals surface area (Å²) in [6.07, 6.45) is 2.17. The largest absolute Gasteiger partial charge is 0.373 e. The lowest BCUT2D eigenvalue weighted by Crippen LogP contribution is -2.28. The fourth-order valence-electron chi connectivity index (χ4n) is 0.534. The summed E-state index contributed by atoms with van der Waals surface area (Å²) in [5, 5.41) is 10.4. The molecule has 10 heavy (non-hydrogen) atoms. The van der Waals surface area contributed by atoms with Crippen molar-refractivity contribution in [2.75, 3.05) is 13.2 Å². The van der Waals surface area contributed by atoms with Gasteiger partial charge in [0.05, 0.1) is 5.60 Å². The zero-order valence-electron chi connectivity index (χ0n) is 7.14. The first kappa shape index (κ1) is 9.92. The van der Waals surface area contributed by atoms with Crippen molar-refractivity contribution < 1.29 is 9.84 Å². The highest BCUT2D eigenvalue weighted by molar-refractivity contribution is 4.64. The maximum Gasteiger partial charge on any atom is 0.111 e. The molecule has 0 aliphatic carbocycles. The van der Waals surface area contributed by atoms with Crippen LogP contribution in [0.4, 0.5) is 0 Å². The van der Waals surface area contributed by atoms with Crippen LogP contribution in [0.1, 0.15) is 33.6 Å². The van der Waals surface area contributed by atoms with E-state index in [1.165, 1.54) is 0 Å². The summed E-state index contributed by atoms with van der Waals surface area (Å²) in [4.78, 5) is 0. The minimum absolute atomic E-state index is 0.156. The lowest BCUT2D eigenvalue weighted by atomic mass is 10.1. The summed E-state index contributed by atoms with van der Waals surface area (Å²) in [7, 11) is 0. The average Bonchev–Trinajstić information content (AvgIpc) is 1.89. The molecule has 0 spiro atoms. The second-order valence-electron chi connectivity index (χ2n) is 3.11. The number of hydrogen-bond donors (Lipinski definition) is 0. The Morgan fingerprint density at radius 3 is 2.40 bits per heavy atom. The zero-order chi connectivity index (χ0) is 8.04. The van der Waals surface area contributed by atoms with Crippen molar-refractivity contribution >= 4 is 0 Å². The summed E-state index contributed by atoms with van der Waals surface area (Å²) >= 11 is 0. The highest BCUT2D eigenvalue weighted by atomic mass is 16.5. The monoisotopic (exact) mass is 145 g/mol. The topological polar surface area (TPSA) is 29.1 Å². The van der Waals surface area contributed by atoms with E-state index in [1.807, 2.05) is 13.8 Å². The van der Waals surface area contributed by atoms with Crippen molar-refractivity contribution in [2.24, 2.45) is 0 Å². The van der Waals surface area contributed by atoms with E-state index in [-0.39, 0.29) is 6.61 Å². The second kappa shape index (κ2) is 4.69.